The lowest BCUT2D eigenvalue weighted by Crippen LogP contribution is -2.33. The molecule has 0 aliphatic carbocycles. The van der Waals surface area contributed by atoms with Gasteiger partial charge in [0.25, 0.3) is 0 Å². The highest BCUT2D eigenvalue weighted by atomic mass is 32.2. The number of thioether (sulfide) groups is 1. The fourth-order valence-corrected chi connectivity index (χ4v) is 4.41. The average molecular weight is 461 g/mol. The predicted molar refractivity (Wildman–Crippen MR) is 134 cm³/mol. The van der Waals surface area contributed by atoms with Gasteiger partial charge in [0.1, 0.15) is 0 Å². The number of hydrogen-bond donors (Lipinski definition) is 2. The highest BCUT2D eigenvalue weighted by Gasteiger charge is 2.18. The summed E-state index contributed by atoms with van der Waals surface area (Å²) in [6.07, 6.45) is 1.98. The Morgan fingerprint density at radius 1 is 1.15 bits per heavy atom. The average Bonchev–Trinajstić information content (AvgIpc) is 3.17. The highest BCUT2D eigenvalue weighted by Crippen LogP contribution is 2.32. The molecule has 0 saturated heterocycles. The van der Waals surface area contributed by atoms with Crippen molar-refractivity contribution in [1.29, 1.82) is 0 Å². The van der Waals surface area contributed by atoms with Gasteiger partial charge in [0.15, 0.2) is 5.82 Å². The number of nitrogens with zero attached hydrogens (tertiary/aromatic N) is 4. The number of rotatable bonds is 8. The Balaban J connectivity index is 1.64. The molecule has 0 saturated carbocycles. The Morgan fingerprint density at radius 3 is 2.67 bits per heavy atom. The number of nitrogens with one attached hydrogen (secondary N) is 1. The summed E-state index contributed by atoms with van der Waals surface area (Å²) < 4.78 is 1.45. The summed E-state index contributed by atoms with van der Waals surface area (Å²) in [5.74, 6) is 7.11. The Labute approximate surface area is 197 Å². The molecule has 0 bridgehead atoms. The van der Waals surface area contributed by atoms with Crippen molar-refractivity contribution in [3.05, 3.63) is 60.2 Å². The maximum absolute atomic E-state index is 12.3. The number of pyridine rings is 1. The standard InChI is InChI=1S/C25H28N6OS/c1-4-7-17(3)27-23(32)15-33-25-30-29-24(31(25)26)20-14-22(18-12-10-16(2)11-13-18)28-21-9-6-5-8-19(20)21/h5-6,8-14,17H,4,7,15,26H2,1-3H3,(H,27,32)/t17-/m1/s1. The van der Waals surface area contributed by atoms with Gasteiger partial charge in [-0.05, 0) is 32.4 Å². The topological polar surface area (TPSA) is 98.7 Å². The van der Waals surface area contributed by atoms with E-state index in [4.69, 9.17) is 10.8 Å². The quantitative estimate of drug-likeness (QED) is 0.295. The molecule has 0 aliphatic rings. The summed E-state index contributed by atoms with van der Waals surface area (Å²) in [7, 11) is 0. The minimum atomic E-state index is -0.0403. The molecular weight excluding hydrogens is 432 g/mol. The first kappa shape index (κ1) is 22.8. The van der Waals surface area contributed by atoms with E-state index >= 15 is 0 Å². The third kappa shape index (κ3) is 5.17. The lowest BCUT2D eigenvalue weighted by Gasteiger charge is -2.12. The van der Waals surface area contributed by atoms with Crippen LogP contribution in [0.2, 0.25) is 0 Å². The Bertz CT molecular complexity index is 1270. The molecule has 4 rings (SSSR count). The van der Waals surface area contributed by atoms with Gasteiger partial charge in [0.05, 0.1) is 17.0 Å². The van der Waals surface area contributed by atoms with E-state index in [0.717, 1.165) is 40.6 Å². The lowest BCUT2D eigenvalue weighted by atomic mass is 10.0. The molecule has 0 aliphatic heterocycles. The number of nitrogen functional groups attached to an aromatic ring is 1. The second-order valence-corrected chi connectivity index (χ2v) is 9.10. The number of nitrogens with two attached hydrogens (primary N) is 1. The van der Waals surface area contributed by atoms with Crippen molar-refractivity contribution >= 4 is 28.6 Å². The molecule has 0 fully saturated rings. The van der Waals surface area contributed by atoms with Gasteiger partial charge in [0, 0.05) is 22.6 Å². The van der Waals surface area contributed by atoms with Gasteiger partial charge in [-0.3, -0.25) is 4.79 Å². The van der Waals surface area contributed by atoms with Crippen LogP contribution in [-0.2, 0) is 4.79 Å². The molecule has 170 valence electrons. The molecule has 3 N–H and O–H groups in total. The number of benzene rings is 2. The van der Waals surface area contributed by atoms with E-state index in [1.54, 1.807) is 0 Å². The number of para-hydroxylation sites is 1. The minimum absolute atomic E-state index is 0.0403. The van der Waals surface area contributed by atoms with Crippen molar-refractivity contribution in [2.45, 2.75) is 44.8 Å². The molecular formula is C25H28N6OS. The first-order valence-corrected chi connectivity index (χ1v) is 12.0. The zero-order chi connectivity index (χ0) is 23.4. The maximum atomic E-state index is 12.3. The predicted octanol–water partition coefficient (Wildman–Crippen LogP) is 4.58. The van der Waals surface area contributed by atoms with Crippen molar-refractivity contribution in [2.24, 2.45) is 0 Å². The third-order valence-corrected chi connectivity index (χ3v) is 6.37. The number of aromatic nitrogens is 4. The molecule has 7 nitrogen and oxygen atoms in total. The molecule has 1 atom stereocenters. The largest absolute Gasteiger partial charge is 0.353 e. The summed E-state index contributed by atoms with van der Waals surface area (Å²) in [4.78, 5) is 17.1. The maximum Gasteiger partial charge on any atom is 0.230 e. The van der Waals surface area contributed by atoms with Crippen LogP contribution in [0.3, 0.4) is 0 Å². The normalized spacial score (nSPS) is 12.1. The molecule has 2 aromatic carbocycles. The lowest BCUT2D eigenvalue weighted by molar-refractivity contribution is -0.119. The molecule has 0 spiro atoms. The zero-order valence-electron chi connectivity index (χ0n) is 19.1. The molecule has 33 heavy (non-hydrogen) atoms. The van der Waals surface area contributed by atoms with Crippen molar-refractivity contribution in [2.75, 3.05) is 11.6 Å². The van der Waals surface area contributed by atoms with Crippen LogP contribution in [0.4, 0.5) is 0 Å². The molecule has 8 heteroatoms. The summed E-state index contributed by atoms with van der Waals surface area (Å²) in [5.41, 5.74) is 4.75. The van der Waals surface area contributed by atoms with Crippen molar-refractivity contribution < 1.29 is 4.79 Å². The van der Waals surface area contributed by atoms with Gasteiger partial charge in [-0.1, -0.05) is 73.1 Å². The molecule has 1 amide bonds. The molecule has 0 radical (unpaired) electrons. The smallest absolute Gasteiger partial charge is 0.230 e. The van der Waals surface area contributed by atoms with Crippen molar-refractivity contribution in [1.82, 2.24) is 25.2 Å². The number of amides is 1. The monoisotopic (exact) mass is 460 g/mol. The zero-order valence-corrected chi connectivity index (χ0v) is 19.9. The van der Waals surface area contributed by atoms with Gasteiger partial charge >= 0.3 is 0 Å². The van der Waals surface area contributed by atoms with E-state index in [1.807, 2.05) is 37.3 Å². The van der Waals surface area contributed by atoms with E-state index in [2.05, 4.69) is 53.6 Å². The van der Waals surface area contributed by atoms with Crippen LogP contribution in [-0.4, -0.2) is 37.6 Å². The fraction of sp³-hybridized carbons (Fsp3) is 0.280. The van der Waals surface area contributed by atoms with Gasteiger partial charge in [-0.2, -0.15) is 0 Å². The summed E-state index contributed by atoms with van der Waals surface area (Å²) in [6.45, 7) is 6.17. The van der Waals surface area contributed by atoms with Crippen molar-refractivity contribution in [3.8, 4) is 22.6 Å². The second-order valence-electron chi connectivity index (χ2n) is 8.16. The molecule has 2 aromatic heterocycles. The first-order valence-electron chi connectivity index (χ1n) is 11.1. The number of fused-ring (bicyclic) bond motifs is 1. The van der Waals surface area contributed by atoms with E-state index in [9.17, 15) is 4.79 Å². The van der Waals surface area contributed by atoms with E-state index < -0.39 is 0 Å². The number of carbonyl (C=O) groups excluding carboxylic acids is 1. The van der Waals surface area contributed by atoms with E-state index in [0.29, 0.717) is 11.0 Å². The molecule has 2 heterocycles. The summed E-state index contributed by atoms with van der Waals surface area (Å²) >= 11 is 1.27. The first-order chi connectivity index (χ1) is 16.0. The number of hydrogen-bond acceptors (Lipinski definition) is 6. The highest BCUT2D eigenvalue weighted by molar-refractivity contribution is 7.99. The van der Waals surface area contributed by atoms with Gasteiger partial charge in [0.2, 0.25) is 11.1 Å². The number of aryl methyl sites for hydroxylation is 1. The number of carbonyl (C=O) groups is 1. The minimum Gasteiger partial charge on any atom is -0.353 e. The van der Waals surface area contributed by atoms with Crippen LogP contribution in [0, 0.1) is 6.92 Å². The van der Waals surface area contributed by atoms with Crippen LogP contribution in [0.1, 0.15) is 32.3 Å². The Kier molecular flexibility index (Phi) is 6.93. The summed E-state index contributed by atoms with van der Waals surface area (Å²) in [6, 6.07) is 18.3. The third-order valence-electron chi connectivity index (χ3n) is 5.43. The fourth-order valence-electron chi connectivity index (χ4n) is 3.74. The Hall–Kier alpha value is -3.39. The van der Waals surface area contributed by atoms with Gasteiger partial charge in [-0.15, -0.1) is 10.2 Å². The van der Waals surface area contributed by atoms with Crippen LogP contribution >= 0.6 is 11.8 Å². The van der Waals surface area contributed by atoms with Crippen molar-refractivity contribution in [3.63, 3.8) is 0 Å². The van der Waals surface area contributed by atoms with Crippen LogP contribution in [0.5, 0.6) is 0 Å². The van der Waals surface area contributed by atoms with Gasteiger partial charge < -0.3 is 11.2 Å². The van der Waals surface area contributed by atoms with Crippen LogP contribution < -0.4 is 11.2 Å². The van der Waals surface area contributed by atoms with Crippen LogP contribution in [0.15, 0.2) is 59.8 Å². The van der Waals surface area contributed by atoms with Gasteiger partial charge in [-0.25, -0.2) is 9.66 Å². The van der Waals surface area contributed by atoms with E-state index in [1.165, 1.54) is 22.0 Å². The van der Waals surface area contributed by atoms with E-state index in [-0.39, 0.29) is 17.7 Å². The second kappa shape index (κ2) is 10.0. The molecule has 0 unspecified atom stereocenters. The summed E-state index contributed by atoms with van der Waals surface area (Å²) in [5, 5.41) is 13.0. The Morgan fingerprint density at radius 2 is 1.91 bits per heavy atom. The van der Waals surface area contributed by atoms with Crippen LogP contribution in [0.25, 0.3) is 33.5 Å². The SMILES string of the molecule is CCC[C@@H](C)NC(=O)CSc1nnc(-c2cc(-c3ccc(C)cc3)nc3ccccc23)n1N. The molecule has 4 aromatic rings.